The van der Waals surface area contributed by atoms with Crippen LogP contribution in [0.2, 0.25) is 0 Å². The molecule has 1 fully saturated rings. The minimum absolute atomic E-state index is 0.0466. The predicted molar refractivity (Wildman–Crippen MR) is 111 cm³/mol. The predicted octanol–water partition coefficient (Wildman–Crippen LogP) is 3.73. The molecule has 0 saturated carbocycles. The molecule has 0 aliphatic carbocycles. The molecule has 2 unspecified atom stereocenters. The Morgan fingerprint density at radius 3 is 2.45 bits per heavy atom. The van der Waals surface area contributed by atoms with Crippen molar-refractivity contribution in [2.75, 3.05) is 26.8 Å². The normalized spacial score (nSPS) is 19.4. The molecule has 0 N–H and O–H groups in total. The number of hydrogen-bond acceptors (Lipinski definition) is 6. The topological polar surface area (TPSA) is 57.2 Å². The smallest absolute Gasteiger partial charge is 0.234 e. The Balaban J connectivity index is 1.76. The van der Waals surface area contributed by atoms with E-state index < -0.39 is 0 Å². The molecule has 0 spiro atoms. The maximum Gasteiger partial charge on any atom is 0.234 e. The van der Waals surface area contributed by atoms with Gasteiger partial charge in [0.05, 0.1) is 31.6 Å². The minimum atomic E-state index is -0.290. The summed E-state index contributed by atoms with van der Waals surface area (Å²) in [5.74, 6) is 2.47. The van der Waals surface area contributed by atoms with Gasteiger partial charge in [-0.25, -0.2) is 0 Å². The van der Waals surface area contributed by atoms with Gasteiger partial charge in [-0.05, 0) is 17.7 Å². The largest absolute Gasteiger partial charge is 0.496 e. The van der Waals surface area contributed by atoms with Crippen molar-refractivity contribution in [3.8, 4) is 11.5 Å². The number of carbonyl (C=O) groups is 1. The first-order valence-electron chi connectivity index (χ1n) is 9.35. The molecule has 0 aromatic heterocycles. The zero-order valence-electron chi connectivity index (χ0n) is 16.4. The van der Waals surface area contributed by atoms with Gasteiger partial charge in [-0.3, -0.25) is 4.79 Å². The zero-order chi connectivity index (χ0) is 20.2. The number of amides is 1. The number of thioether (sulfide) groups is 1. The van der Waals surface area contributed by atoms with Gasteiger partial charge in [0.1, 0.15) is 23.1 Å². The molecule has 2 aromatic rings. The Morgan fingerprint density at radius 2 is 1.83 bits per heavy atom. The van der Waals surface area contributed by atoms with Crippen LogP contribution < -0.4 is 9.47 Å². The minimum Gasteiger partial charge on any atom is -0.496 e. The summed E-state index contributed by atoms with van der Waals surface area (Å²) in [6, 6.07) is 15.4. The second-order valence-electron chi connectivity index (χ2n) is 6.70. The van der Waals surface area contributed by atoms with Gasteiger partial charge in [-0.1, -0.05) is 36.4 Å². The van der Waals surface area contributed by atoms with E-state index in [2.05, 4.69) is 12.1 Å². The molecule has 1 amide bonds. The van der Waals surface area contributed by atoms with Crippen LogP contribution in [-0.2, 0) is 20.7 Å². The Labute approximate surface area is 174 Å². The van der Waals surface area contributed by atoms with E-state index in [1.54, 1.807) is 32.2 Å². The van der Waals surface area contributed by atoms with Gasteiger partial charge in [0.15, 0.2) is 5.76 Å². The van der Waals surface area contributed by atoms with Crippen LogP contribution in [0.25, 0.3) is 0 Å². The number of hydrogen-bond donors (Lipinski definition) is 0. The highest BCUT2D eigenvalue weighted by Crippen LogP contribution is 2.48. The Bertz CT molecular complexity index is 879. The van der Waals surface area contributed by atoms with Crippen LogP contribution in [0.1, 0.15) is 16.5 Å². The van der Waals surface area contributed by atoms with Crippen molar-refractivity contribution in [1.29, 1.82) is 0 Å². The van der Waals surface area contributed by atoms with Crippen molar-refractivity contribution in [3.63, 3.8) is 0 Å². The number of methoxy groups -OCH3 is 2. The van der Waals surface area contributed by atoms with Crippen LogP contribution in [0.5, 0.6) is 11.5 Å². The van der Waals surface area contributed by atoms with Gasteiger partial charge in [0.25, 0.3) is 0 Å². The lowest BCUT2D eigenvalue weighted by molar-refractivity contribution is -0.130. The second kappa shape index (κ2) is 8.69. The van der Waals surface area contributed by atoms with E-state index in [9.17, 15) is 4.79 Å². The fourth-order valence-electron chi connectivity index (χ4n) is 3.72. The average Bonchev–Trinajstić information content (AvgIpc) is 3.42. The summed E-state index contributed by atoms with van der Waals surface area (Å²) >= 11 is 1.56. The Hall–Kier alpha value is -2.80. The fourth-order valence-corrected chi connectivity index (χ4v) is 4.99. The molecule has 0 radical (unpaired) electrons. The van der Waals surface area contributed by atoms with Crippen molar-refractivity contribution in [3.05, 3.63) is 71.7 Å². The standard InChI is InChI=1S/C22H23NO5S/c1-25-17-9-6-10-18(26-2)21(17)22-23(20(24)13-29-22)16(19-12-27-14-28-19)11-15-7-4-3-5-8-15/h3-10,12,16,22H,11,13-14H2,1-2H3. The molecule has 29 heavy (non-hydrogen) atoms. The van der Waals surface area contributed by atoms with Gasteiger partial charge in [-0.2, -0.15) is 0 Å². The van der Waals surface area contributed by atoms with E-state index in [4.69, 9.17) is 18.9 Å². The molecule has 2 aromatic carbocycles. The third kappa shape index (κ3) is 3.87. The molecule has 1 saturated heterocycles. The van der Waals surface area contributed by atoms with Crippen molar-refractivity contribution in [2.45, 2.75) is 17.8 Å². The molecule has 2 heterocycles. The summed E-state index contributed by atoms with van der Waals surface area (Å²) in [4.78, 5) is 14.9. The number of rotatable bonds is 7. The van der Waals surface area contributed by atoms with Gasteiger partial charge in [-0.15, -0.1) is 11.8 Å². The lowest BCUT2D eigenvalue weighted by Gasteiger charge is -2.33. The molecule has 4 rings (SSSR count). The summed E-state index contributed by atoms with van der Waals surface area (Å²) < 4.78 is 22.3. The van der Waals surface area contributed by atoms with Crippen molar-refractivity contribution in [2.24, 2.45) is 0 Å². The van der Waals surface area contributed by atoms with Crippen LogP contribution >= 0.6 is 11.8 Å². The lowest BCUT2D eigenvalue weighted by Crippen LogP contribution is -2.41. The average molecular weight is 413 g/mol. The van der Waals surface area contributed by atoms with Gasteiger partial charge >= 0.3 is 0 Å². The van der Waals surface area contributed by atoms with Crippen LogP contribution in [-0.4, -0.2) is 43.6 Å². The fraction of sp³-hybridized carbons (Fsp3) is 0.318. The first-order chi connectivity index (χ1) is 14.2. The van der Waals surface area contributed by atoms with E-state index in [0.717, 1.165) is 11.1 Å². The summed E-state index contributed by atoms with van der Waals surface area (Å²) in [6.07, 6.45) is 2.23. The molecule has 0 bridgehead atoms. The summed E-state index contributed by atoms with van der Waals surface area (Å²) in [5, 5.41) is -0.257. The molecule has 2 aliphatic rings. The van der Waals surface area contributed by atoms with Crippen LogP contribution in [0.15, 0.2) is 60.6 Å². The molecular weight excluding hydrogens is 390 g/mol. The molecule has 2 atom stereocenters. The molecular formula is C22H23NO5S. The second-order valence-corrected chi connectivity index (χ2v) is 7.76. The van der Waals surface area contributed by atoms with Crippen LogP contribution in [0.4, 0.5) is 0 Å². The number of carbonyl (C=O) groups excluding carboxylic acids is 1. The number of ether oxygens (including phenoxy) is 4. The third-order valence-corrected chi connectivity index (χ3v) is 6.24. The van der Waals surface area contributed by atoms with Gasteiger partial charge in [0, 0.05) is 6.42 Å². The summed E-state index contributed by atoms with van der Waals surface area (Å²) in [7, 11) is 3.25. The quantitative estimate of drug-likeness (QED) is 0.689. The van der Waals surface area contributed by atoms with Gasteiger partial charge < -0.3 is 23.8 Å². The number of benzene rings is 2. The SMILES string of the molecule is COc1cccc(OC)c1C1SCC(=O)N1C(Cc1ccccc1)C1=COCO1. The number of nitrogens with zero attached hydrogens (tertiary/aromatic N) is 1. The first-order valence-corrected chi connectivity index (χ1v) is 10.4. The summed E-state index contributed by atoms with van der Waals surface area (Å²) in [5.41, 5.74) is 1.97. The third-order valence-electron chi connectivity index (χ3n) is 5.05. The summed E-state index contributed by atoms with van der Waals surface area (Å²) in [6.45, 7) is 0.165. The van der Waals surface area contributed by atoms with E-state index in [1.165, 1.54) is 0 Å². The highest BCUT2D eigenvalue weighted by atomic mass is 32.2. The Kier molecular flexibility index (Phi) is 5.85. The van der Waals surface area contributed by atoms with Crippen molar-refractivity contribution < 1.29 is 23.7 Å². The highest BCUT2D eigenvalue weighted by molar-refractivity contribution is 8.00. The zero-order valence-corrected chi connectivity index (χ0v) is 17.2. The maximum atomic E-state index is 13.0. The molecule has 152 valence electrons. The van der Waals surface area contributed by atoms with Crippen molar-refractivity contribution >= 4 is 17.7 Å². The van der Waals surface area contributed by atoms with E-state index >= 15 is 0 Å². The van der Waals surface area contributed by atoms with E-state index in [-0.39, 0.29) is 24.1 Å². The lowest BCUT2D eigenvalue weighted by atomic mass is 10.0. The Morgan fingerprint density at radius 1 is 1.10 bits per heavy atom. The van der Waals surface area contributed by atoms with E-state index in [1.807, 2.05) is 41.3 Å². The first kappa shape index (κ1) is 19.5. The van der Waals surface area contributed by atoms with Crippen LogP contribution in [0, 0.1) is 0 Å². The maximum absolute atomic E-state index is 13.0. The monoisotopic (exact) mass is 413 g/mol. The van der Waals surface area contributed by atoms with E-state index in [0.29, 0.717) is 29.4 Å². The van der Waals surface area contributed by atoms with Crippen molar-refractivity contribution in [1.82, 2.24) is 4.90 Å². The van der Waals surface area contributed by atoms with Crippen LogP contribution in [0.3, 0.4) is 0 Å². The molecule has 6 nitrogen and oxygen atoms in total. The molecule has 2 aliphatic heterocycles. The van der Waals surface area contributed by atoms with Gasteiger partial charge in [0.2, 0.25) is 12.7 Å². The highest BCUT2D eigenvalue weighted by Gasteiger charge is 2.43. The molecule has 7 heteroatoms.